The van der Waals surface area contributed by atoms with Gasteiger partial charge in [-0.3, -0.25) is 4.79 Å². The first-order chi connectivity index (χ1) is 13.7. The lowest BCUT2D eigenvalue weighted by Crippen LogP contribution is -2.26. The molecule has 0 radical (unpaired) electrons. The second kappa shape index (κ2) is 7.12. The fraction of sp³-hybridized carbons (Fsp3) is 0.174. The highest BCUT2D eigenvalue weighted by molar-refractivity contribution is 7.10. The third kappa shape index (κ3) is 3.13. The summed E-state index contributed by atoms with van der Waals surface area (Å²) in [5.74, 6) is 0.418. The van der Waals surface area contributed by atoms with Crippen LogP contribution in [-0.4, -0.2) is 5.78 Å². The molecule has 140 valence electrons. The Labute approximate surface area is 173 Å². The van der Waals surface area contributed by atoms with Crippen LogP contribution >= 0.6 is 22.9 Å². The van der Waals surface area contributed by atoms with Gasteiger partial charge in [-0.05, 0) is 47.7 Å². The number of rotatable bonds is 2. The summed E-state index contributed by atoms with van der Waals surface area (Å²) in [6, 6.07) is 19.8. The van der Waals surface area contributed by atoms with Crippen LogP contribution in [0.5, 0.6) is 0 Å². The van der Waals surface area contributed by atoms with Crippen molar-refractivity contribution in [1.82, 2.24) is 0 Å². The van der Waals surface area contributed by atoms with E-state index in [1.54, 1.807) is 11.3 Å². The quantitative estimate of drug-likeness (QED) is 0.518. The van der Waals surface area contributed by atoms with Crippen LogP contribution < -0.4 is 10.6 Å². The number of Topliss-reactive ketones (excluding diaryl/α,β-unsaturated/α-hetero) is 1. The predicted molar refractivity (Wildman–Crippen MR) is 116 cm³/mol. The molecule has 2 atom stereocenters. The van der Waals surface area contributed by atoms with Crippen molar-refractivity contribution >= 4 is 40.1 Å². The second-order valence-corrected chi connectivity index (χ2v) is 8.65. The standard InChI is InChI=1S/C23H19ClN2OS/c24-16-6-3-5-14(11-16)23-22-19(25-17-7-1-2-8-18(17)26-23)12-15(13-20(22)27)21-9-4-10-28-21/h1-11,15,23,25-26H,12-13H2/t15-,23-/m0/s1. The van der Waals surface area contributed by atoms with E-state index in [0.717, 1.165) is 34.6 Å². The molecule has 0 unspecified atom stereocenters. The van der Waals surface area contributed by atoms with E-state index in [4.69, 9.17) is 11.6 Å². The van der Waals surface area contributed by atoms with Gasteiger partial charge in [-0.15, -0.1) is 11.3 Å². The number of hydrogen-bond acceptors (Lipinski definition) is 4. The smallest absolute Gasteiger partial charge is 0.163 e. The van der Waals surface area contributed by atoms with Crippen LogP contribution in [0.4, 0.5) is 11.4 Å². The molecule has 1 aliphatic heterocycles. The van der Waals surface area contributed by atoms with E-state index in [-0.39, 0.29) is 17.7 Å². The molecular weight excluding hydrogens is 388 g/mol. The van der Waals surface area contributed by atoms with Gasteiger partial charge < -0.3 is 10.6 Å². The summed E-state index contributed by atoms with van der Waals surface area (Å²) < 4.78 is 0. The number of anilines is 2. The summed E-state index contributed by atoms with van der Waals surface area (Å²) in [7, 11) is 0. The number of thiophene rings is 1. The van der Waals surface area contributed by atoms with Gasteiger partial charge in [0.15, 0.2) is 5.78 Å². The zero-order valence-corrected chi connectivity index (χ0v) is 16.7. The van der Waals surface area contributed by atoms with Gasteiger partial charge in [-0.1, -0.05) is 41.9 Å². The molecule has 0 bridgehead atoms. The van der Waals surface area contributed by atoms with Crippen molar-refractivity contribution in [1.29, 1.82) is 0 Å². The molecule has 0 amide bonds. The number of ketones is 1. The molecule has 0 spiro atoms. The molecular formula is C23H19ClN2OS. The summed E-state index contributed by atoms with van der Waals surface area (Å²) in [6.45, 7) is 0. The van der Waals surface area contributed by atoms with Gasteiger partial charge in [0.1, 0.15) is 0 Å². The monoisotopic (exact) mass is 406 g/mol. The average Bonchev–Trinajstić information content (AvgIpc) is 3.17. The fourth-order valence-electron chi connectivity index (χ4n) is 4.15. The molecule has 2 heterocycles. The Morgan fingerprint density at radius 1 is 0.964 bits per heavy atom. The lowest BCUT2D eigenvalue weighted by atomic mass is 9.81. The molecule has 5 rings (SSSR count). The minimum atomic E-state index is -0.221. The highest BCUT2D eigenvalue weighted by Crippen LogP contribution is 2.45. The molecule has 2 N–H and O–H groups in total. The number of para-hydroxylation sites is 2. The van der Waals surface area contributed by atoms with E-state index in [1.165, 1.54) is 4.88 Å². The van der Waals surface area contributed by atoms with Crippen molar-refractivity contribution in [3.63, 3.8) is 0 Å². The maximum absolute atomic E-state index is 13.3. The summed E-state index contributed by atoms with van der Waals surface area (Å²) >= 11 is 7.99. The molecule has 1 aromatic heterocycles. The van der Waals surface area contributed by atoms with Crippen LogP contribution in [0.2, 0.25) is 5.02 Å². The Morgan fingerprint density at radius 3 is 2.61 bits per heavy atom. The molecule has 0 saturated heterocycles. The van der Waals surface area contributed by atoms with Gasteiger partial charge >= 0.3 is 0 Å². The van der Waals surface area contributed by atoms with Crippen LogP contribution in [0.25, 0.3) is 0 Å². The van der Waals surface area contributed by atoms with Crippen LogP contribution in [0.3, 0.4) is 0 Å². The normalized spacial score (nSPS) is 21.2. The number of benzene rings is 2. The average molecular weight is 407 g/mol. The van der Waals surface area contributed by atoms with Crippen molar-refractivity contribution in [2.45, 2.75) is 24.8 Å². The maximum atomic E-state index is 13.3. The zero-order valence-electron chi connectivity index (χ0n) is 15.1. The summed E-state index contributed by atoms with van der Waals surface area (Å²) in [6.07, 6.45) is 1.37. The topological polar surface area (TPSA) is 41.1 Å². The molecule has 3 nitrogen and oxygen atoms in total. The van der Waals surface area contributed by atoms with Gasteiger partial charge in [0.2, 0.25) is 0 Å². The number of nitrogens with one attached hydrogen (secondary N) is 2. The maximum Gasteiger partial charge on any atom is 0.163 e. The second-order valence-electron chi connectivity index (χ2n) is 7.24. The third-order valence-corrected chi connectivity index (χ3v) is 6.71. The first kappa shape index (κ1) is 17.5. The van der Waals surface area contributed by atoms with E-state index in [9.17, 15) is 4.79 Å². The van der Waals surface area contributed by atoms with Crippen LogP contribution in [0.15, 0.2) is 77.3 Å². The Morgan fingerprint density at radius 2 is 1.82 bits per heavy atom. The predicted octanol–water partition coefficient (Wildman–Crippen LogP) is 6.38. The Hall–Kier alpha value is -2.56. The van der Waals surface area contributed by atoms with Crippen LogP contribution in [0.1, 0.15) is 35.2 Å². The number of hydrogen-bond donors (Lipinski definition) is 2. The van der Waals surface area contributed by atoms with Crippen molar-refractivity contribution in [3.8, 4) is 0 Å². The van der Waals surface area contributed by atoms with Gasteiger partial charge in [-0.25, -0.2) is 0 Å². The summed E-state index contributed by atoms with van der Waals surface area (Å²) in [4.78, 5) is 14.6. The third-order valence-electron chi connectivity index (χ3n) is 5.44. The van der Waals surface area contributed by atoms with Gasteiger partial charge in [0, 0.05) is 33.5 Å². The molecule has 28 heavy (non-hydrogen) atoms. The van der Waals surface area contributed by atoms with Gasteiger partial charge in [0.05, 0.1) is 17.4 Å². The Bertz CT molecular complexity index is 1070. The number of fused-ring (bicyclic) bond motifs is 1. The molecule has 1 aliphatic carbocycles. The number of carbonyl (C=O) groups excluding carboxylic acids is 1. The molecule has 5 heteroatoms. The first-order valence-electron chi connectivity index (χ1n) is 9.37. The molecule has 2 aliphatic rings. The zero-order chi connectivity index (χ0) is 19.1. The lowest BCUT2D eigenvalue weighted by molar-refractivity contribution is -0.116. The van der Waals surface area contributed by atoms with Gasteiger partial charge in [-0.2, -0.15) is 0 Å². The fourth-order valence-corrected chi connectivity index (χ4v) is 5.18. The molecule has 3 aromatic rings. The van der Waals surface area contributed by atoms with Crippen molar-refractivity contribution in [3.05, 3.63) is 92.8 Å². The van der Waals surface area contributed by atoms with E-state index in [0.29, 0.717) is 11.4 Å². The molecule has 0 fully saturated rings. The Kier molecular flexibility index (Phi) is 4.46. The highest BCUT2D eigenvalue weighted by Gasteiger charge is 2.36. The SMILES string of the molecule is O=C1C[C@@H](c2cccs2)CC2=C1[C@H](c1cccc(Cl)c1)Nc1ccccc1N2. The summed E-state index contributed by atoms with van der Waals surface area (Å²) in [5.41, 5.74) is 4.83. The van der Waals surface area contributed by atoms with E-state index in [2.05, 4.69) is 28.1 Å². The van der Waals surface area contributed by atoms with E-state index >= 15 is 0 Å². The van der Waals surface area contributed by atoms with Crippen LogP contribution in [0, 0.1) is 0 Å². The first-order valence-corrected chi connectivity index (χ1v) is 10.6. The van der Waals surface area contributed by atoms with Gasteiger partial charge in [0.25, 0.3) is 0 Å². The minimum Gasteiger partial charge on any atom is -0.372 e. The lowest BCUT2D eigenvalue weighted by Gasteiger charge is -2.29. The largest absolute Gasteiger partial charge is 0.372 e. The Balaban J connectivity index is 1.64. The van der Waals surface area contributed by atoms with Crippen molar-refractivity contribution in [2.75, 3.05) is 10.6 Å². The highest BCUT2D eigenvalue weighted by atomic mass is 35.5. The van der Waals surface area contributed by atoms with E-state index in [1.807, 2.05) is 48.5 Å². The molecule has 2 aromatic carbocycles. The van der Waals surface area contributed by atoms with Crippen molar-refractivity contribution < 1.29 is 4.79 Å². The number of allylic oxidation sites excluding steroid dienone is 1. The summed E-state index contributed by atoms with van der Waals surface area (Å²) in [5, 5.41) is 9.90. The van der Waals surface area contributed by atoms with Crippen molar-refractivity contribution in [2.24, 2.45) is 0 Å². The minimum absolute atomic E-state index is 0.192. The number of halogens is 1. The molecule has 0 saturated carbocycles. The van der Waals surface area contributed by atoms with E-state index < -0.39 is 0 Å². The van der Waals surface area contributed by atoms with Crippen LogP contribution in [-0.2, 0) is 4.79 Å². The number of carbonyl (C=O) groups is 1.